The zero-order chi connectivity index (χ0) is 17.4. The van der Waals surface area contributed by atoms with Gasteiger partial charge in [0, 0.05) is 17.7 Å². The molecule has 0 unspecified atom stereocenters. The fraction of sp³-hybridized carbons (Fsp3) is 0.118. The van der Waals surface area contributed by atoms with Crippen LogP contribution in [0.2, 0.25) is 0 Å². The standard InChI is InChI=1S/C17H14O7/c1-22-11-5-8(3-4-10(11)19)17-16(21)15(20)14-12(23-2)6-9(18)7-13(14)24-17/h3-7,18-19,21H,1-2H3. The van der Waals surface area contributed by atoms with Crippen molar-refractivity contribution in [2.45, 2.75) is 0 Å². The molecule has 0 saturated heterocycles. The lowest BCUT2D eigenvalue weighted by atomic mass is 10.1. The molecular weight excluding hydrogens is 316 g/mol. The van der Waals surface area contributed by atoms with Crippen LogP contribution in [0.5, 0.6) is 28.7 Å². The molecule has 0 amide bonds. The fourth-order valence-corrected chi connectivity index (χ4v) is 2.44. The Bertz CT molecular complexity index is 988. The second-order valence-electron chi connectivity index (χ2n) is 5.02. The summed E-state index contributed by atoms with van der Waals surface area (Å²) in [6.45, 7) is 0. The number of phenolic OH excluding ortho intramolecular Hbond substituents is 2. The Morgan fingerprint density at radius 3 is 2.33 bits per heavy atom. The van der Waals surface area contributed by atoms with Crippen LogP contribution in [0.25, 0.3) is 22.3 Å². The summed E-state index contributed by atoms with van der Waals surface area (Å²) in [5.74, 6) is -0.727. The topological polar surface area (TPSA) is 109 Å². The van der Waals surface area contributed by atoms with Crippen molar-refractivity contribution in [2.75, 3.05) is 14.2 Å². The maximum Gasteiger partial charge on any atom is 0.238 e. The molecule has 0 aliphatic heterocycles. The van der Waals surface area contributed by atoms with E-state index >= 15 is 0 Å². The van der Waals surface area contributed by atoms with Crippen molar-refractivity contribution >= 4 is 11.0 Å². The molecule has 0 aliphatic carbocycles. The zero-order valence-corrected chi connectivity index (χ0v) is 12.9. The summed E-state index contributed by atoms with van der Waals surface area (Å²) < 4.78 is 15.7. The highest BCUT2D eigenvalue weighted by molar-refractivity contribution is 5.88. The lowest BCUT2D eigenvalue weighted by Gasteiger charge is -2.10. The van der Waals surface area contributed by atoms with Crippen LogP contribution in [0.4, 0.5) is 0 Å². The summed E-state index contributed by atoms with van der Waals surface area (Å²) >= 11 is 0. The predicted octanol–water partition coefficient (Wildman–Crippen LogP) is 2.59. The van der Waals surface area contributed by atoms with Crippen LogP contribution in [0.1, 0.15) is 0 Å². The minimum absolute atomic E-state index is 0.0160. The van der Waals surface area contributed by atoms with Crippen LogP contribution in [0.3, 0.4) is 0 Å². The van der Waals surface area contributed by atoms with Crippen molar-refractivity contribution in [3.05, 3.63) is 40.6 Å². The van der Waals surface area contributed by atoms with Crippen molar-refractivity contribution in [1.29, 1.82) is 0 Å². The number of benzene rings is 2. The van der Waals surface area contributed by atoms with Crippen molar-refractivity contribution in [3.8, 4) is 40.1 Å². The lowest BCUT2D eigenvalue weighted by Crippen LogP contribution is -2.04. The maximum atomic E-state index is 12.5. The summed E-state index contributed by atoms with van der Waals surface area (Å²) in [4.78, 5) is 12.5. The van der Waals surface area contributed by atoms with E-state index in [-0.39, 0.29) is 39.7 Å². The van der Waals surface area contributed by atoms with E-state index in [2.05, 4.69) is 0 Å². The summed E-state index contributed by atoms with van der Waals surface area (Å²) in [5.41, 5.74) is -0.324. The molecule has 1 aromatic heterocycles. The molecule has 3 aromatic rings. The quantitative estimate of drug-likeness (QED) is 0.677. The smallest absolute Gasteiger partial charge is 0.238 e. The van der Waals surface area contributed by atoms with Gasteiger partial charge in [-0.2, -0.15) is 0 Å². The molecule has 2 aromatic carbocycles. The molecule has 0 saturated carbocycles. The minimum atomic E-state index is -0.699. The molecule has 0 fully saturated rings. The van der Waals surface area contributed by atoms with Gasteiger partial charge in [0.1, 0.15) is 22.5 Å². The number of phenols is 2. The average Bonchev–Trinajstić information content (AvgIpc) is 2.57. The van der Waals surface area contributed by atoms with E-state index in [4.69, 9.17) is 13.9 Å². The van der Waals surface area contributed by atoms with E-state index in [1.165, 1.54) is 44.6 Å². The zero-order valence-electron chi connectivity index (χ0n) is 12.9. The number of fused-ring (bicyclic) bond motifs is 1. The predicted molar refractivity (Wildman–Crippen MR) is 86.0 cm³/mol. The molecule has 124 valence electrons. The van der Waals surface area contributed by atoms with Gasteiger partial charge in [0.15, 0.2) is 17.3 Å². The molecule has 1 heterocycles. The Morgan fingerprint density at radius 1 is 0.958 bits per heavy atom. The Balaban J connectivity index is 2.34. The monoisotopic (exact) mass is 330 g/mol. The molecule has 0 atom stereocenters. The van der Waals surface area contributed by atoms with Crippen LogP contribution in [0.15, 0.2) is 39.5 Å². The summed E-state index contributed by atoms with van der Waals surface area (Å²) in [6, 6.07) is 6.73. The first-order valence-electron chi connectivity index (χ1n) is 6.90. The van der Waals surface area contributed by atoms with Gasteiger partial charge >= 0.3 is 0 Å². The van der Waals surface area contributed by atoms with Crippen molar-refractivity contribution in [2.24, 2.45) is 0 Å². The van der Waals surface area contributed by atoms with E-state index in [0.717, 1.165) is 0 Å². The number of aromatic hydroxyl groups is 3. The van der Waals surface area contributed by atoms with Crippen molar-refractivity contribution in [3.63, 3.8) is 0 Å². The Hall–Kier alpha value is -3.35. The molecular formula is C17H14O7. The maximum absolute atomic E-state index is 12.5. The summed E-state index contributed by atoms with van der Waals surface area (Å²) in [7, 11) is 2.71. The average molecular weight is 330 g/mol. The summed E-state index contributed by atoms with van der Waals surface area (Å²) in [5, 5.41) is 29.6. The number of ether oxygens (including phenoxy) is 2. The van der Waals surface area contributed by atoms with Crippen LogP contribution in [-0.4, -0.2) is 29.5 Å². The van der Waals surface area contributed by atoms with Crippen molar-refractivity contribution in [1.82, 2.24) is 0 Å². The normalized spacial score (nSPS) is 10.8. The van der Waals surface area contributed by atoms with Crippen LogP contribution in [-0.2, 0) is 0 Å². The van der Waals surface area contributed by atoms with E-state index in [0.29, 0.717) is 5.56 Å². The largest absolute Gasteiger partial charge is 0.508 e. The molecule has 0 bridgehead atoms. The van der Waals surface area contributed by atoms with E-state index < -0.39 is 11.2 Å². The van der Waals surface area contributed by atoms with Gasteiger partial charge in [-0.3, -0.25) is 4.79 Å². The molecule has 7 heteroatoms. The van der Waals surface area contributed by atoms with Crippen LogP contribution in [0, 0.1) is 0 Å². The van der Waals surface area contributed by atoms with E-state index in [1.54, 1.807) is 0 Å². The number of rotatable bonds is 3. The SMILES string of the molecule is COc1cc(-c2oc3cc(O)cc(OC)c3c(=O)c2O)ccc1O. The third kappa shape index (κ3) is 2.36. The second kappa shape index (κ2) is 5.69. The van der Waals surface area contributed by atoms with Crippen LogP contribution < -0.4 is 14.9 Å². The van der Waals surface area contributed by atoms with E-state index in [1.807, 2.05) is 0 Å². The van der Waals surface area contributed by atoms with Gasteiger partial charge in [0.05, 0.1) is 14.2 Å². The third-order valence-corrected chi connectivity index (χ3v) is 3.58. The Labute approximate surface area is 135 Å². The molecule has 0 spiro atoms. The first kappa shape index (κ1) is 15.5. The molecule has 3 rings (SSSR count). The van der Waals surface area contributed by atoms with Gasteiger partial charge in [-0.15, -0.1) is 0 Å². The number of hydrogen-bond acceptors (Lipinski definition) is 7. The van der Waals surface area contributed by atoms with Gasteiger partial charge in [-0.25, -0.2) is 0 Å². The van der Waals surface area contributed by atoms with Gasteiger partial charge < -0.3 is 29.2 Å². The minimum Gasteiger partial charge on any atom is -0.508 e. The molecule has 24 heavy (non-hydrogen) atoms. The Kier molecular flexibility index (Phi) is 3.69. The molecule has 7 nitrogen and oxygen atoms in total. The Morgan fingerprint density at radius 2 is 1.67 bits per heavy atom. The molecule has 3 N–H and O–H groups in total. The van der Waals surface area contributed by atoms with Gasteiger partial charge in [-0.05, 0) is 18.2 Å². The highest BCUT2D eigenvalue weighted by atomic mass is 16.5. The van der Waals surface area contributed by atoms with E-state index in [9.17, 15) is 20.1 Å². The van der Waals surface area contributed by atoms with Crippen molar-refractivity contribution < 1.29 is 29.2 Å². The first-order chi connectivity index (χ1) is 11.5. The summed E-state index contributed by atoms with van der Waals surface area (Å²) in [6.07, 6.45) is 0. The third-order valence-electron chi connectivity index (χ3n) is 3.58. The number of methoxy groups -OCH3 is 2. The van der Waals surface area contributed by atoms with Crippen LogP contribution >= 0.6 is 0 Å². The first-order valence-corrected chi connectivity index (χ1v) is 6.90. The van der Waals surface area contributed by atoms with Gasteiger partial charge in [-0.1, -0.05) is 0 Å². The van der Waals surface area contributed by atoms with Gasteiger partial charge in [0.2, 0.25) is 11.2 Å². The highest BCUT2D eigenvalue weighted by Crippen LogP contribution is 2.38. The molecule has 0 aliphatic rings. The second-order valence-corrected chi connectivity index (χ2v) is 5.02. The fourth-order valence-electron chi connectivity index (χ4n) is 2.44. The van der Waals surface area contributed by atoms with Gasteiger partial charge in [0.25, 0.3) is 0 Å². The number of hydrogen-bond donors (Lipinski definition) is 3. The lowest BCUT2D eigenvalue weighted by molar-refractivity contribution is 0.373. The highest BCUT2D eigenvalue weighted by Gasteiger charge is 2.20. The molecule has 0 radical (unpaired) electrons.